The van der Waals surface area contributed by atoms with Crippen LogP contribution in [0.4, 0.5) is 11.4 Å². The van der Waals surface area contributed by atoms with Gasteiger partial charge in [-0.05, 0) is 56.0 Å². The molecule has 4 rings (SSSR count). The molecule has 1 saturated carbocycles. The van der Waals surface area contributed by atoms with Gasteiger partial charge < -0.3 is 5.32 Å². The largest absolute Gasteiger partial charge is 0.382 e. The van der Waals surface area contributed by atoms with Crippen LogP contribution in [-0.4, -0.2) is 30.4 Å². The summed E-state index contributed by atoms with van der Waals surface area (Å²) >= 11 is 6.05. The van der Waals surface area contributed by atoms with Crippen LogP contribution in [0, 0.1) is 10.1 Å². The maximum Gasteiger partial charge on any atom is 0.270 e. The van der Waals surface area contributed by atoms with Crippen molar-refractivity contribution in [2.45, 2.75) is 42.7 Å². The zero-order valence-electron chi connectivity index (χ0n) is 16.5. The summed E-state index contributed by atoms with van der Waals surface area (Å²) in [5.74, 6) is 0. The monoisotopic (exact) mass is 460 g/mol. The van der Waals surface area contributed by atoms with Gasteiger partial charge in [0.15, 0.2) is 0 Å². The van der Waals surface area contributed by atoms with Crippen LogP contribution in [0.5, 0.6) is 0 Å². The highest BCUT2D eigenvalue weighted by Gasteiger charge is 2.27. The lowest BCUT2D eigenvalue weighted by atomic mass is 9.91. The zero-order valence-corrected chi connectivity index (χ0v) is 18.1. The molecule has 8 nitrogen and oxygen atoms in total. The molecule has 162 valence electrons. The first-order valence-corrected chi connectivity index (χ1v) is 11.8. The number of non-ortho nitro benzene ring substituents is 1. The Bertz CT molecular complexity index is 1230. The number of pyridine rings is 1. The molecule has 0 unspecified atom stereocenters. The Kier molecular flexibility index (Phi) is 6.08. The predicted octanol–water partition coefficient (Wildman–Crippen LogP) is 4.50. The molecular formula is C21H21ClN4O4S. The van der Waals surface area contributed by atoms with E-state index in [1.54, 1.807) is 6.20 Å². The van der Waals surface area contributed by atoms with Gasteiger partial charge in [0, 0.05) is 46.5 Å². The van der Waals surface area contributed by atoms with Crippen molar-refractivity contribution in [1.29, 1.82) is 0 Å². The third kappa shape index (κ3) is 4.95. The molecule has 31 heavy (non-hydrogen) atoms. The fourth-order valence-electron chi connectivity index (χ4n) is 3.87. The second kappa shape index (κ2) is 8.78. The van der Waals surface area contributed by atoms with Crippen molar-refractivity contribution in [3.05, 3.63) is 69.9 Å². The average Bonchev–Trinajstić information content (AvgIpc) is 2.75. The van der Waals surface area contributed by atoms with Crippen LogP contribution in [0.1, 0.15) is 25.7 Å². The van der Waals surface area contributed by atoms with Gasteiger partial charge in [0.2, 0.25) is 10.0 Å². The lowest BCUT2D eigenvalue weighted by Gasteiger charge is -2.30. The second-order valence-corrected chi connectivity index (χ2v) is 9.74. The molecule has 2 aromatic carbocycles. The molecule has 1 fully saturated rings. The maximum atomic E-state index is 12.7. The number of aromatic nitrogens is 1. The van der Waals surface area contributed by atoms with E-state index in [4.69, 9.17) is 11.6 Å². The van der Waals surface area contributed by atoms with Gasteiger partial charge >= 0.3 is 0 Å². The first-order valence-electron chi connectivity index (χ1n) is 9.89. The molecule has 0 aliphatic heterocycles. The number of rotatable bonds is 6. The van der Waals surface area contributed by atoms with E-state index in [9.17, 15) is 18.5 Å². The highest BCUT2D eigenvalue weighted by Crippen LogP contribution is 2.29. The van der Waals surface area contributed by atoms with Crippen molar-refractivity contribution >= 4 is 43.9 Å². The second-order valence-electron chi connectivity index (χ2n) is 7.59. The van der Waals surface area contributed by atoms with Crippen LogP contribution in [0.3, 0.4) is 0 Å². The molecule has 0 radical (unpaired) electrons. The van der Waals surface area contributed by atoms with Gasteiger partial charge in [-0.25, -0.2) is 13.1 Å². The zero-order chi connectivity index (χ0) is 22.0. The minimum Gasteiger partial charge on any atom is -0.382 e. The summed E-state index contributed by atoms with van der Waals surface area (Å²) in [6, 6.07) is 12.6. The molecule has 0 bridgehead atoms. The fraction of sp³-hybridized carbons (Fsp3) is 0.286. The number of hydrogen-bond acceptors (Lipinski definition) is 6. The first kappa shape index (κ1) is 21.5. The van der Waals surface area contributed by atoms with Crippen molar-refractivity contribution in [2.24, 2.45) is 0 Å². The van der Waals surface area contributed by atoms with Crippen LogP contribution in [0.15, 0.2) is 59.6 Å². The summed E-state index contributed by atoms with van der Waals surface area (Å²) in [5, 5.41) is 16.1. The van der Waals surface area contributed by atoms with Crippen LogP contribution in [-0.2, 0) is 10.0 Å². The third-order valence-electron chi connectivity index (χ3n) is 5.45. The number of nitro benzene ring substituents is 1. The molecule has 1 aliphatic carbocycles. The van der Waals surface area contributed by atoms with E-state index in [0.29, 0.717) is 17.9 Å². The van der Waals surface area contributed by atoms with Crippen LogP contribution >= 0.6 is 11.6 Å². The standard InChI is InChI=1S/C21H21ClN4O4S/c22-14-4-9-19-20(10-11-23-21(19)12-14)24-15-5-7-16(8-6-15)25-31(29,30)18-3-1-2-17(13-18)26(27)28/h1-4,9-13,15-16,25H,5-8H2,(H,23,24)/t15-,16+. The van der Waals surface area contributed by atoms with Gasteiger partial charge in [-0.1, -0.05) is 17.7 Å². The van der Waals surface area contributed by atoms with Gasteiger partial charge in [0.1, 0.15) is 0 Å². The average molecular weight is 461 g/mol. The quantitative estimate of drug-likeness (QED) is 0.413. The minimum absolute atomic E-state index is 0.0936. The molecule has 3 aromatic rings. The Morgan fingerprint density at radius 2 is 1.77 bits per heavy atom. The Morgan fingerprint density at radius 1 is 1.03 bits per heavy atom. The number of hydrogen-bond donors (Lipinski definition) is 2. The Hall–Kier alpha value is -2.75. The number of nitrogens with zero attached hydrogens (tertiary/aromatic N) is 2. The normalized spacial score (nSPS) is 19.3. The van der Waals surface area contributed by atoms with E-state index in [1.807, 2.05) is 24.3 Å². The molecule has 10 heteroatoms. The van der Waals surface area contributed by atoms with Gasteiger partial charge in [-0.2, -0.15) is 0 Å². The molecule has 0 atom stereocenters. The van der Waals surface area contributed by atoms with Crippen LogP contribution in [0.25, 0.3) is 10.9 Å². The molecule has 1 aliphatic rings. The van der Waals surface area contributed by atoms with Crippen molar-refractivity contribution in [3.8, 4) is 0 Å². The molecule has 2 N–H and O–H groups in total. The van der Waals surface area contributed by atoms with E-state index >= 15 is 0 Å². The van der Waals surface area contributed by atoms with E-state index < -0.39 is 14.9 Å². The van der Waals surface area contributed by atoms with Crippen LogP contribution in [0.2, 0.25) is 5.02 Å². The lowest BCUT2D eigenvalue weighted by molar-refractivity contribution is -0.385. The Morgan fingerprint density at radius 3 is 2.52 bits per heavy atom. The van der Waals surface area contributed by atoms with Gasteiger partial charge in [-0.3, -0.25) is 15.1 Å². The predicted molar refractivity (Wildman–Crippen MR) is 120 cm³/mol. The summed E-state index contributed by atoms with van der Waals surface area (Å²) in [6.07, 6.45) is 4.65. The smallest absolute Gasteiger partial charge is 0.270 e. The molecule has 0 spiro atoms. The van der Waals surface area contributed by atoms with Crippen molar-refractivity contribution in [1.82, 2.24) is 9.71 Å². The van der Waals surface area contributed by atoms with Gasteiger partial charge in [0.05, 0.1) is 15.3 Å². The summed E-state index contributed by atoms with van der Waals surface area (Å²) in [7, 11) is -3.82. The van der Waals surface area contributed by atoms with E-state index in [2.05, 4.69) is 15.0 Å². The van der Waals surface area contributed by atoms with E-state index in [0.717, 1.165) is 35.5 Å². The number of anilines is 1. The van der Waals surface area contributed by atoms with E-state index in [1.165, 1.54) is 18.2 Å². The fourth-order valence-corrected chi connectivity index (χ4v) is 5.38. The lowest BCUT2D eigenvalue weighted by Crippen LogP contribution is -2.40. The number of fused-ring (bicyclic) bond motifs is 1. The third-order valence-corrected chi connectivity index (χ3v) is 7.21. The highest BCUT2D eigenvalue weighted by molar-refractivity contribution is 7.89. The van der Waals surface area contributed by atoms with Crippen molar-refractivity contribution in [2.75, 3.05) is 5.32 Å². The summed E-state index contributed by atoms with van der Waals surface area (Å²) in [5.41, 5.74) is 1.54. The Labute approximate surface area is 184 Å². The molecular weight excluding hydrogens is 440 g/mol. The number of nitro groups is 1. The van der Waals surface area contributed by atoms with Crippen LogP contribution < -0.4 is 10.0 Å². The minimum atomic E-state index is -3.82. The number of sulfonamides is 1. The highest BCUT2D eigenvalue weighted by atomic mass is 35.5. The number of benzene rings is 2. The summed E-state index contributed by atoms with van der Waals surface area (Å²) in [6.45, 7) is 0. The molecule has 0 saturated heterocycles. The maximum absolute atomic E-state index is 12.7. The SMILES string of the molecule is O=[N+]([O-])c1cccc(S(=O)(=O)N[C@H]2CC[C@@H](Nc3ccnc4cc(Cl)ccc34)CC2)c1. The number of nitrogens with one attached hydrogen (secondary N) is 2. The summed E-state index contributed by atoms with van der Waals surface area (Å²) in [4.78, 5) is 14.6. The van der Waals surface area contributed by atoms with Gasteiger partial charge in [-0.15, -0.1) is 0 Å². The molecule has 0 amide bonds. The first-order chi connectivity index (χ1) is 14.8. The molecule has 1 heterocycles. The summed E-state index contributed by atoms with van der Waals surface area (Å²) < 4.78 is 28.0. The van der Waals surface area contributed by atoms with Crippen molar-refractivity contribution in [3.63, 3.8) is 0 Å². The van der Waals surface area contributed by atoms with Gasteiger partial charge in [0.25, 0.3) is 5.69 Å². The Balaban J connectivity index is 1.39. The van der Waals surface area contributed by atoms with Crippen molar-refractivity contribution < 1.29 is 13.3 Å². The molecule has 1 aromatic heterocycles. The number of halogens is 1. The topological polar surface area (TPSA) is 114 Å². The van der Waals surface area contributed by atoms with E-state index in [-0.39, 0.29) is 22.7 Å².